The molecule has 0 atom stereocenters. The average molecular weight is 412 g/mol. The van der Waals surface area contributed by atoms with Crippen LogP contribution in [0.1, 0.15) is 65.1 Å². The lowest BCUT2D eigenvalue weighted by molar-refractivity contribution is 0.0358. The van der Waals surface area contributed by atoms with Gasteiger partial charge >= 0.3 is 0 Å². The molecule has 0 saturated heterocycles. The van der Waals surface area contributed by atoms with Crippen LogP contribution in [0.4, 0.5) is 0 Å². The van der Waals surface area contributed by atoms with E-state index in [4.69, 9.17) is 4.74 Å². The van der Waals surface area contributed by atoms with Gasteiger partial charge in [0.25, 0.3) is 11.8 Å². The number of nitroso groups, excluding NO2 is 1. The maximum Gasteiger partial charge on any atom is 0.272 e. The van der Waals surface area contributed by atoms with Crippen molar-refractivity contribution in [1.82, 2.24) is 10.4 Å². The van der Waals surface area contributed by atoms with Gasteiger partial charge in [-0.3, -0.25) is 15.0 Å². The number of carbonyl (C=O) groups excluding carboxylic acids is 2. The number of hydrazine groups is 1. The number of hydrogen-bond donors (Lipinski definition) is 1. The Kier molecular flexibility index (Phi) is 7.32. The Morgan fingerprint density at radius 1 is 1.17 bits per heavy atom. The van der Waals surface area contributed by atoms with Crippen molar-refractivity contribution in [3.8, 4) is 5.75 Å². The Morgan fingerprint density at radius 3 is 2.43 bits per heavy atom. The molecule has 0 aliphatic rings. The molecule has 160 valence electrons. The molecule has 30 heavy (non-hydrogen) atoms. The Morgan fingerprint density at radius 2 is 1.87 bits per heavy atom. The predicted octanol–water partition coefficient (Wildman–Crippen LogP) is 4.42. The van der Waals surface area contributed by atoms with Gasteiger partial charge in [-0.1, -0.05) is 24.2 Å². The van der Waals surface area contributed by atoms with Crippen LogP contribution in [0.2, 0.25) is 0 Å². The third-order valence-electron chi connectivity index (χ3n) is 4.67. The number of benzene rings is 2. The minimum absolute atomic E-state index is 0.0203. The van der Waals surface area contributed by atoms with Gasteiger partial charge in [-0.2, -0.15) is 4.91 Å². The lowest BCUT2D eigenvalue weighted by Gasteiger charge is -2.36. The van der Waals surface area contributed by atoms with Crippen molar-refractivity contribution in [2.24, 2.45) is 5.18 Å². The minimum Gasteiger partial charge on any atom is -0.496 e. The van der Waals surface area contributed by atoms with Crippen molar-refractivity contribution >= 4 is 11.8 Å². The van der Waals surface area contributed by atoms with E-state index in [1.807, 2.05) is 40.7 Å². The van der Waals surface area contributed by atoms with Crippen LogP contribution in [0.15, 0.2) is 41.6 Å². The van der Waals surface area contributed by atoms with Crippen molar-refractivity contribution in [3.05, 3.63) is 69.1 Å². The summed E-state index contributed by atoms with van der Waals surface area (Å²) >= 11 is 0. The molecule has 2 rings (SSSR count). The van der Waals surface area contributed by atoms with Gasteiger partial charge in [0.1, 0.15) is 12.3 Å². The van der Waals surface area contributed by atoms with Gasteiger partial charge in [0.05, 0.1) is 12.6 Å². The second-order valence-electron chi connectivity index (χ2n) is 8.09. The smallest absolute Gasteiger partial charge is 0.272 e. The quantitative estimate of drug-likeness (QED) is 0.563. The highest BCUT2D eigenvalue weighted by Crippen LogP contribution is 2.24. The van der Waals surface area contributed by atoms with Gasteiger partial charge in [0, 0.05) is 16.7 Å². The van der Waals surface area contributed by atoms with E-state index in [1.165, 1.54) is 5.01 Å². The first-order chi connectivity index (χ1) is 14.1. The maximum absolute atomic E-state index is 13.3. The average Bonchev–Trinajstić information content (AvgIpc) is 2.69. The number of hydrogen-bond acceptors (Lipinski definition) is 5. The molecule has 0 aliphatic carbocycles. The minimum atomic E-state index is -0.690. The number of ether oxygens (including phenoxy) is 1. The van der Waals surface area contributed by atoms with Crippen molar-refractivity contribution in [2.45, 2.75) is 53.1 Å². The molecular weight excluding hydrogens is 382 g/mol. The highest BCUT2D eigenvalue weighted by atomic mass is 16.5. The topological polar surface area (TPSA) is 88.1 Å². The molecule has 0 heterocycles. The molecule has 2 aromatic rings. The van der Waals surface area contributed by atoms with E-state index in [0.29, 0.717) is 28.9 Å². The van der Waals surface area contributed by atoms with E-state index in [0.717, 1.165) is 11.1 Å². The summed E-state index contributed by atoms with van der Waals surface area (Å²) < 4.78 is 5.37. The summed E-state index contributed by atoms with van der Waals surface area (Å²) in [5.41, 5.74) is 5.17. The number of amides is 2. The van der Waals surface area contributed by atoms with Crippen LogP contribution < -0.4 is 10.2 Å². The predicted molar refractivity (Wildman–Crippen MR) is 116 cm³/mol. The van der Waals surface area contributed by atoms with Crippen molar-refractivity contribution < 1.29 is 14.3 Å². The Labute approximate surface area is 177 Å². The molecule has 0 saturated carbocycles. The van der Waals surface area contributed by atoms with Crippen LogP contribution in [-0.4, -0.2) is 29.5 Å². The number of aryl methyl sites for hydroxylation is 1. The van der Waals surface area contributed by atoms with E-state index in [9.17, 15) is 14.5 Å². The van der Waals surface area contributed by atoms with Gasteiger partial charge in [-0.25, -0.2) is 5.01 Å². The molecule has 0 aliphatic heterocycles. The summed E-state index contributed by atoms with van der Waals surface area (Å²) in [7, 11) is 1.56. The van der Waals surface area contributed by atoms with E-state index < -0.39 is 11.4 Å². The number of carbonyl (C=O) groups is 2. The van der Waals surface area contributed by atoms with Crippen LogP contribution in [0, 0.1) is 11.8 Å². The highest BCUT2D eigenvalue weighted by Gasteiger charge is 2.30. The Balaban J connectivity index is 2.42. The normalized spacial score (nSPS) is 11.0. The fourth-order valence-electron chi connectivity index (χ4n) is 3.30. The summed E-state index contributed by atoms with van der Waals surface area (Å²) in [6.45, 7) is 9.27. The molecular formula is C23H29N3O4. The van der Waals surface area contributed by atoms with E-state index >= 15 is 0 Å². The molecule has 2 aromatic carbocycles. The number of nitrogens with one attached hydrogen (secondary N) is 1. The van der Waals surface area contributed by atoms with Crippen molar-refractivity contribution in [2.75, 3.05) is 7.11 Å². The van der Waals surface area contributed by atoms with Crippen LogP contribution >= 0.6 is 0 Å². The molecule has 0 spiro atoms. The lowest BCUT2D eigenvalue weighted by Crippen LogP contribution is -2.56. The number of methoxy groups -OCH3 is 1. The fourth-order valence-corrected chi connectivity index (χ4v) is 3.30. The first kappa shape index (κ1) is 23.1. The first-order valence-electron chi connectivity index (χ1n) is 9.83. The van der Waals surface area contributed by atoms with Crippen LogP contribution in [-0.2, 0) is 13.0 Å². The summed E-state index contributed by atoms with van der Waals surface area (Å²) in [6.07, 6.45) is 0.607. The molecule has 7 nitrogen and oxygen atoms in total. The van der Waals surface area contributed by atoms with Gasteiger partial charge in [-0.05, 0) is 69.5 Å². The number of rotatable bonds is 6. The fraction of sp³-hybridized carbons (Fsp3) is 0.391. The lowest BCUT2D eigenvalue weighted by atomic mass is 10.0. The number of nitrogens with zero attached hydrogens (tertiary/aromatic N) is 2. The molecule has 0 bridgehead atoms. The first-order valence-corrected chi connectivity index (χ1v) is 9.83. The molecule has 0 radical (unpaired) electrons. The largest absolute Gasteiger partial charge is 0.496 e. The zero-order valence-electron chi connectivity index (χ0n) is 18.4. The Bertz CT molecular complexity index is 948. The van der Waals surface area contributed by atoms with Crippen molar-refractivity contribution in [3.63, 3.8) is 0 Å². The molecule has 0 unspecified atom stereocenters. The SMILES string of the molecule is CCc1c(OC)cccc1C(=O)NN(C(=O)c1cc(C)cc(CN=O)c1)C(C)(C)C. The second-order valence-corrected chi connectivity index (χ2v) is 8.09. The van der Waals surface area contributed by atoms with Crippen molar-refractivity contribution in [1.29, 1.82) is 0 Å². The summed E-state index contributed by atoms with van der Waals surface area (Å²) in [6, 6.07) is 10.4. The van der Waals surface area contributed by atoms with Crippen LogP contribution in [0.3, 0.4) is 0 Å². The molecule has 2 amide bonds. The van der Waals surface area contributed by atoms with E-state index in [2.05, 4.69) is 10.6 Å². The van der Waals surface area contributed by atoms with Crippen LogP contribution in [0.25, 0.3) is 0 Å². The maximum atomic E-state index is 13.3. The highest BCUT2D eigenvalue weighted by molar-refractivity contribution is 6.00. The third-order valence-corrected chi connectivity index (χ3v) is 4.67. The molecule has 7 heteroatoms. The van der Waals surface area contributed by atoms with Gasteiger partial charge in [0.15, 0.2) is 0 Å². The zero-order chi connectivity index (χ0) is 22.5. The molecule has 0 aromatic heterocycles. The monoisotopic (exact) mass is 411 g/mol. The van der Waals surface area contributed by atoms with Gasteiger partial charge < -0.3 is 4.74 Å². The third kappa shape index (κ3) is 5.23. The van der Waals surface area contributed by atoms with Crippen LogP contribution in [0.5, 0.6) is 5.75 Å². The molecule has 1 N–H and O–H groups in total. The Hall–Kier alpha value is -3.22. The van der Waals surface area contributed by atoms with Gasteiger partial charge in [-0.15, -0.1) is 0 Å². The standard InChI is InChI=1S/C23H29N3O4/c1-7-18-19(9-8-10-20(18)30-6)21(27)25-26(23(3,4)5)22(28)17-12-15(2)11-16(13-17)14-24-29/h8-13H,7,14H2,1-6H3,(H,25,27). The van der Waals surface area contributed by atoms with E-state index in [-0.39, 0.29) is 12.5 Å². The van der Waals surface area contributed by atoms with Gasteiger partial charge in [0.2, 0.25) is 0 Å². The summed E-state index contributed by atoms with van der Waals surface area (Å²) in [5.74, 6) is -0.132. The molecule has 0 fully saturated rings. The summed E-state index contributed by atoms with van der Waals surface area (Å²) in [4.78, 5) is 37.1. The summed E-state index contributed by atoms with van der Waals surface area (Å²) in [5, 5.41) is 4.23. The zero-order valence-corrected chi connectivity index (χ0v) is 18.4. The second kappa shape index (κ2) is 9.52. The van der Waals surface area contributed by atoms with E-state index in [1.54, 1.807) is 37.4 Å².